The van der Waals surface area contributed by atoms with Crippen LogP contribution in [0.25, 0.3) is 0 Å². The lowest BCUT2D eigenvalue weighted by atomic mass is 10.0. The van der Waals surface area contributed by atoms with Gasteiger partial charge in [0.05, 0.1) is 17.0 Å². The molecule has 0 spiro atoms. The molecule has 2 rings (SSSR count). The van der Waals surface area contributed by atoms with Gasteiger partial charge in [-0.3, -0.25) is 9.59 Å². The second-order valence-corrected chi connectivity index (χ2v) is 8.71. The molecule has 1 aromatic rings. The van der Waals surface area contributed by atoms with Crippen molar-refractivity contribution in [1.29, 1.82) is 0 Å². The van der Waals surface area contributed by atoms with E-state index < -0.39 is 27.3 Å². The van der Waals surface area contributed by atoms with E-state index in [0.717, 1.165) is 5.56 Å². The molecule has 122 valence electrons. The van der Waals surface area contributed by atoms with Crippen LogP contribution in [0.3, 0.4) is 0 Å². The lowest BCUT2D eigenvalue weighted by molar-refractivity contribution is -0.148. The molecule has 22 heavy (non-hydrogen) atoms. The first-order valence-corrected chi connectivity index (χ1v) is 9.73. The molecule has 1 aromatic heterocycles. The number of hydrogen-bond donors (Lipinski definition) is 1. The number of rotatable bonds is 6. The van der Waals surface area contributed by atoms with Gasteiger partial charge in [-0.25, -0.2) is 8.42 Å². The smallest absolute Gasteiger partial charge is 0.306 e. The van der Waals surface area contributed by atoms with Gasteiger partial charge in [0.1, 0.15) is 0 Å². The molecule has 1 amide bonds. The molecule has 1 aliphatic rings. The largest absolute Gasteiger partial charge is 0.456 e. The Balaban J connectivity index is 1.70. The first-order chi connectivity index (χ1) is 10.3. The van der Waals surface area contributed by atoms with Gasteiger partial charge in [0.2, 0.25) is 0 Å². The Kier molecular flexibility index (Phi) is 5.23. The van der Waals surface area contributed by atoms with Crippen LogP contribution in [-0.4, -0.2) is 43.9 Å². The summed E-state index contributed by atoms with van der Waals surface area (Å²) in [5.41, 5.74) is 0.300. The van der Waals surface area contributed by atoms with Crippen LogP contribution in [0.1, 0.15) is 25.3 Å². The number of amides is 1. The Morgan fingerprint density at radius 3 is 2.82 bits per heavy atom. The first-order valence-electron chi connectivity index (χ1n) is 6.96. The van der Waals surface area contributed by atoms with Gasteiger partial charge in [0, 0.05) is 6.42 Å². The van der Waals surface area contributed by atoms with Gasteiger partial charge in [-0.05, 0) is 42.2 Å². The lowest BCUT2D eigenvalue weighted by Crippen LogP contribution is -2.48. The van der Waals surface area contributed by atoms with Crippen molar-refractivity contribution in [3.63, 3.8) is 0 Å². The van der Waals surface area contributed by atoms with E-state index in [-0.39, 0.29) is 24.5 Å². The molecule has 1 aliphatic heterocycles. The van der Waals surface area contributed by atoms with Crippen LogP contribution in [0, 0.1) is 0 Å². The van der Waals surface area contributed by atoms with Crippen molar-refractivity contribution in [3.05, 3.63) is 22.4 Å². The van der Waals surface area contributed by atoms with Crippen molar-refractivity contribution in [3.8, 4) is 0 Å². The Labute approximate surface area is 133 Å². The second-order valence-electron chi connectivity index (χ2n) is 5.74. The summed E-state index contributed by atoms with van der Waals surface area (Å²) in [5.74, 6) is -0.906. The van der Waals surface area contributed by atoms with Crippen molar-refractivity contribution >= 4 is 33.1 Å². The normalized spacial score (nSPS) is 23.1. The molecule has 1 unspecified atom stereocenters. The number of nitrogens with one attached hydrogen (secondary N) is 1. The zero-order chi connectivity index (χ0) is 16.2. The van der Waals surface area contributed by atoms with Gasteiger partial charge >= 0.3 is 5.97 Å². The molecule has 1 saturated heterocycles. The molecule has 0 bridgehead atoms. The summed E-state index contributed by atoms with van der Waals surface area (Å²) in [6.45, 7) is 1.31. The Morgan fingerprint density at radius 1 is 1.45 bits per heavy atom. The third kappa shape index (κ3) is 5.10. The second kappa shape index (κ2) is 6.78. The molecule has 1 N–H and O–H groups in total. The van der Waals surface area contributed by atoms with Crippen molar-refractivity contribution in [1.82, 2.24) is 5.32 Å². The predicted octanol–water partition coefficient (Wildman–Crippen LogP) is 0.917. The minimum atomic E-state index is -3.09. The van der Waals surface area contributed by atoms with E-state index in [1.165, 1.54) is 0 Å². The van der Waals surface area contributed by atoms with Gasteiger partial charge in [-0.2, -0.15) is 11.3 Å². The van der Waals surface area contributed by atoms with Gasteiger partial charge in [0.15, 0.2) is 16.4 Å². The molecular weight excluding hydrogens is 326 g/mol. The Morgan fingerprint density at radius 2 is 2.23 bits per heavy atom. The van der Waals surface area contributed by atoms with Gasteiger partial charge < -0.3 is 10.1 Å². The van der Waals surface area contributed by atoms with Crippen molar-refractivity contribution < 1.29 is 22.7 Å². The molecular formula is C14H19NO5S2. The van der Waals surface area contributed by atoms with Crippen LogP contribution in [0.15, 0.2) is 16.8 Å². The van der Waals surface area contributed by atoms with Crippen molar-refractivity contribution in [2.75, 3.05) is 18.1 Å². The fourth-order valence-electron chi connectivity index (χ4n) is 2.38. The highest BCUT2D eigenvalue weighted by molar-refractivity contribution is 7.91. The summed E-state index contributed by atoms with van der Waals surface area (Å²) in [7, 11) is -3.09. The fraction of sp³-hybridized carbons (Fsp3) is 0.571. The van der Waals surface area contributed by atoms with Crippen molar-refractivity contribution in [2.45, 2.75) is 31.7 Å². The number of esters is 1. The summed E-state index contributed by atoms with van der Waals surface area (Å²) < 4.78 is 27.8. The number of hydrogen-bond acceptors (Lipinski definition) is 6. The average molecular weight is 345 g/mol. The van der Waals surface area contributed by atoms with Crippen LogP contribution in [0.2, 0.25) is 0 Å². The van der Waals surface area contributed by atoms with E-state index in [1.807, 2.05) is 16.8 Å². The number of sulfone groups is 1. The molecule has 0 aromatic carbocycles. The van der Waals surface area contributed by atoms with E-state index in [1.54, 1.807) is 18.3 Å². The van der Waals surface area contributed by atoms with Crippen LogP contribution < -0.4 is 5.32 Å². The summed E-state index contributed by atoms with van der Waals surface area (Å²) in [5, 5.41) is 6.54. The highest BCUT2D eigenvalue weighted by Crippen LogP contribution is 2.22. The van der Waals surface area contributed by atoms with E-state index >= 15 is 0 Å². The lowest BCUT2D eigenvalue weighted by Gasteiger charge is -2.23. The highest BCUT2D eigenvalue weighted by atomic mass is 32.2. The minimum absolute atomic E-state index is 0.0716. The number of carbonyl (C=O) groups is 2. The molecule has 1 fully saturated rings. The van der Waals surface area contributed by atoms with Gasteiger partial charge in [-0.15, -0.1) is 0 Å². The zero-order valence-corrected chi connectivity index (χ0v) is 14.0. The molecule has 8 heteroatoms. The van der Waals surface area contributed by atoms with E-state index in [2.05, 4.69) is 5.32 Å². The minimum Gasteiger partial charge on any atom is -0.456 e. The number of carbonyl (C=O) groups excluding carboxylic acids is 2. The molecule has 0 saturated carbocycles. The summed E-state index contributed by atoms with van der Waals surface area (Å²) >= 11 is 1.56. The van der Waals surface area contributed by atoms with Crippen LogP contribution >= 0.6 is 11.3 Å². The molecule has 0 aliphatic carbocycles. The maximum atomic E-state index is 11.8. The first kappa shape index (κ1) is 17.0. The van der Waals surface area contributed by atoms with E-state index in [0.29, 0.717) is 12.8 Å². The van der Waals surface area contributed by atoms with E-state index in [9.17, 15) is 18.0 Å². The molecule has 1 atom stereocenters. The summed E-state index contributed by atoms with van der Waals surface area (Å²) in [4.78, 5) is 23.3. The maximum Gasteiger partial charge on any atom is 0.306 e. The fourth-order valence-corrected chi connectivity index (χ4v) is 5.18. The Bertz CT molecular complexity index is 638. The monoisotopic (exact) mass is 345 g/mol. The van der Waals surface area contributed by atoms with Gasteiger partial charge in [-0.1, -0.05) is 0 Å². The maximum absolute atomic E-state index is 11.8. The topological polar surface area (TPSA) is 89.5 Å². The third-order valence-electron chi connectivity index (χ3n) is 3.51. The van der Waals surface area contributed by atoms with E-state index in [4.69, 9.17) is 4.74 Å². The quantitative estimate of drug-likeness (QED) is 0.774. The SMILES string of the molecule is CC1(NC(=O)COC(=O)CCc2ccsc2)CCS(=O)(=O)C1. The number of ether oxygens (including phenoxy) is 1. The van der Waals surface area contributed by atoms with Crippen LogP contribution in [-0.2, 0) is 30.6 Å². The standard InChI is InChI=1S/C14H19NO5S2/c1-14(5-7-22(18,19)10-14)15-12(16)8-20-13(17)3-2-11-4-6-21-9-11/h4,6,9H,2-3,5,7-8,10H2,1H3,(H,15,16). The highest BCUT2D eigenvalue weighted by Gasteiger charge is 2.39. The number of thiophene rings is 1. The molecule has 2 heterocycles. The number of aryl methyl sites for hydroxylation is 1. The molecule has 6 nitrogen and oxygen atoms in total. The van der Waals surface area contributed by atoms with Crippen LogP contribution in [0.4, 0.5) is 0 Å². The Hall–Kier alpha value is -1.41. The van der Waals surface area contributed by atoms with Crippen LogP contribution in [0.5, 0.6) is 0 Å². The zero-order valence-electron chi connectivity index (χ0n) is 12.3. The third-order valence-corrected chi connectivity index (χ3v) is 6.14. The van der Waals surface area contributed by atoms with Gasteiger partial charge in [0.25, 0.3) is 5.91 Å². The summed E-state index contributed by atoms with van der Waals surface area (Å²) in [6, 6.07) is 1.94. The van der Waals surface area contributed by atoms with Crippen molar-refractivity contribution in [2.24, 2.45) is 0 Å². The summed E-state index contributed by atoms with van der Waals surface area (Å²) in [6.07, 6.45) is 1.18. The molecule has 0 radical (unpaired) electrons. The predicted molar refractivity (Wildman–Crippen MR) is 83.4 cm³/mol. The average Bonchev–Trinajstić information content (AvgIpc) is 3.02.